The van der Waals surface area contributed by atoms with Crippen molar-refractivity contribution in [1.82, 2.24) is 14.8 Å². The minimum absolute atomic E-state index is 0.0960. The zero-order valence-corrected chi connectivity index (χ0v) is 22.2. The Morgan fingerprint density at radius 3 is 2.40 bits per heavy atom. The Balaban J connectivity index is 1.72. The summed E-state index contributed by atoms with van der Waals surface area (Å²) in [4.78, 5) is 12.7. The van der Waals surface area contributed by atoms with Crippen LogP contribution in [-0.4, -0.2) is 40.6 Å². The summed E-state index contributed by atoms with van der Waals surface area (Å²) in [6.07, 6.45) is -0.309. The van der Waals surface area contributed by atoms with E-state index in [1.807, 2.05) is 29.7 Å². The topological polar surface area (TPSA) is 87.5 Å². The van der Waals surface area contributed by atoms with E-state index < -0.39 is 0 Å². The van der Waals surface area contributed by atoms with Gasteiger partial charge in [-0.25, -0.2) is 0 Å². The van der Waals surface area contributed by atoms with E-state index in [2.05, 4.69) is 49.3 Å². The first-order chi connectivity index (χ1) is 16.7. The third-order valence-electron chi connectivity index (χ3n) is 5.43. The molecule has 0 bridgehead atoms. The molecule has 3 aromatic rings. The molecule has 0 saturated carbocycles. The van der Waals surface area contributed by atoms with Crippen molar-refractivity contribution < 1.29 is 19.0 Å². The van der Waals surface area contributed by atoms with E-state index in [0.717, 1.165) is 17.1 Å². The predicted octanol–water partition coefficient (Wildman–Crippen LogP) is 5.87. The molecule has 8 nitrogen and oxygen atoms in total. The minimum atomic E-state index is -0.309. The van der Waals surface area contributed by atoms with Crippen LogP contribution >= 0.6 is 11.8 Å². The van der Waals surface area contributed by atoms with Gasteiger partial charge in [-0.15, -0.1) is 10.2 Å². The predicted molar refractivity (Wildman–Crippen MR) is 139 cm³/mol. The molecule has 1 N–H and O–H groups in total. The molecule has 9 heteroatoms. The van der Waals surface area contributed by atoms with Gasteiger partial charge in [-0.05, 0) is 50.5 Å². The van der Waals surface area contributed by atoms with Crippen LogP contribution in [-0.2, 0) is 4.79 Å². The van der Waals surface area contributed by atoms with Gasteiger partial charge in [0.05, 0.1) is 25.7 Å². The second-order valence-corrected chi connectivity index (χ2v) is 9.60. The fourth-order valence-electron chi connectivity index (χ4n) is 3.68. The van der Waals surface area contributed by atoms with Crippen LogP contribution in [0, 0.1) is 0 Å². The fourth-order valence-corrected chi connectivity index (χ4v) is 4.55. The van der Waals surface area contributed by atoms with Crippen molar-refractivity contribution in [3.63, 3.8) is 0 Å². The molecule has 35 heavy (non-hydrogen) atoms. The van der Waals surface area contributed by atoms with E-state index in [-0.39, 0.29) is 23.8 Å². The van der Waals surface area contributed by atoms with Crippen molar-refractivity contribution in [3.8, 4) is 17.2 Å². The quantitative estimate of drug-likeness (QED) is 0.331. The summed E-state index contributed by atoms with van der Waals surface area (Å²) in [5.74, 6) is 3.09. The van der Waals surface area contributed by atoms with Crippen LogP contribution in [0.15, 0.2) is 47.6 Å². The highest BCUT2D eigenvalue weighted by Crippen LogP contribution is 2.32. The number of ether oxygens (including phenoxy) is 3. The molecule has 3 rings (SSSR count). The van der Waals surface area contributed by atoms with Gasteiger partial charge in [-0.3, -0.25) is 4.79 Å². The number of hydrogen-bond acceptors (Lipinski definition) is 7. The van der Waals surface area contributed by atoms with Crippen LogP contribution in [0.5, 0.6) is 17.2 Å². The SMILES string of the molecule is COc1ccc(NC(=O)CSc2nnc(C(C)Oc3ccccc3C(C)C)n2C(C)C)c(OC)c1. The van der Waals surface area contributed by atoms with Crippen molar-refractivity contribution in [1.29, 1.82) is 0 Å². The number of aromatic nitrogens is 3. The molecule has 0 aliphatic rings. The van der Waals surface area contributed by atoms with Gasteiger partial charge in [0.2, 0.25) is 5.91 Å². The van der Waals surface area contributed by atoms with Crippen molar-refractivity contribution in [3.05, 3.63) is 53.9 Å². The second-order valence-electron chi connectivity index (χ2n) is 8.66. The Labute approximate surface area is 211 Å². The van der Waals surface area contributed by atoms with Gasteiger partial charge in [-0.2, -0.15) is 0 Å². The molecule has 1 amide bonds. The van der Waals surface area contributed by atoms with E-state index in [9.17, 15) is 4.79 Å². The number of para-hydroxylation sites is 1. The first-order valence-electron chi connectivity index (χ1n) is 11.6. The third-order valence-corrected chi connectivity index (χ3v) is 6.37. The highest BCUT2D eigenvalue weighted by Gasteiger charge is 2.23. The highest BCUT2D eigenvalue weighted by molar-refractivity contribution is 7.99. The molecule has 0 fully saturated rings. The average Bonchev–Trinajstić information content (AvgIpc) is 3.28. The fraction of sp³-hybridized carbons (Fsp3) is 0.423. The third kappa shape index (κ3) is 6.48. The number of benzene rings is 2. The van der Waals surface area contributed by atoms with Crippen molar-refractivity contribution >= 4 is 23.4 Å². The van der Waals surface area contributed by atoms with Crippen LogP contribution in [0.2, 0.25) is 0 Å². The zero-order valence-electron chi connectivity index (χ0n) is 21.4. The Morgan fingerprint density at radius 2 is 1.74 bits per heavy atom. The number of hydrogen-bond donors (Lipinski definition) is 1. The van der Waals surface area contributed by atoms with E-state index >= 15 is 0 Å². The Bertz CT molecular complexity index is 1150. The van der Waals surface area contributed by atoms with Crippen LogP contribution in [0.25, 0.3) is 0 Å². The maximum atomic E-state index is 12.7. The summed E-state index contributed by atoms with van der Waals surface area (Å²) in [5.41, 5.74) is 1.73. The normalized spacial score (nSPS) is 12.0. The van der Waals surface area contributed by atoms with Gasteiger partial charge in [0.1, 0.15) is 17.2 Å². The monoisotopic (exact) mass is 498 g/mol. The highest BCUT2D eigenvalue weighted by atomic mass is 32.2. The summed E-state index contributed by atoms with van der Waals surface area (Å²) < 4.78 is 18.9. The molecule has 2 aromatic carbocycles. The van der Waals surface area contributed by atoms with Crippen molar-refractivity contribution in [2.24, 2.45) is 0 Å². The summed E-state index contributed by atoms with van der Waals surface area (Å²) in [5, 5.41) is 12.3. The number of nitrogens with one attached hydrogen (secondary N) is 1. The van der Waals surface area contributed by atoms with Crippen molar-refractivity contribution in [2.75, 3.05) is 25.3 Å². The van der Waals surface area contributed by atoms with Crippen molar-refractivity contribution in [2.45, 2.75) is 57.8 Å². The maximum Gasteiger partial charge on any atom is 0.234 e. The lowest BCUT2D eigenvalue weighted by Crippen LogP contribution is -2.17. The second kappa shape index (κ2) is 12.0. The van der Waals surface area contributed by atoms with Gasteiger partial charge >= 0.3 is 0 Å². The number of carbonyl (C=O) groups is 1. The van der Waals surface area contributed by atoms with Crippen LogP contribution in [0.4, 0.5) is 5.69 Å². The standard InChI is InChI=1S/C26H34N4O4S/c1-16(2)20-10-8-9-11-22(20)34-18(5)25-28-29-26(30(25)17(3)4)35-15-24(31)27-21-13-12-19(32-6)14-23(21)33-7/h8-14,16-18H,15H2,1-7H3,(H,27,31). The van der Waals surface area contributed by atoms with Gasteiger partial charge < -0.3 is 24.1 Å². The average molecular weight is 499 g/mol. The smallest absolute Gasteiger partial charge is 0.234 e. The molecule has 188 valence electrons. The molecular formula is C26H34N4O4S. The summed E-state index contributed by atoms with van der Waals surface area (Å²) in [7, 11) is 3.13. The number of anilines is 1. The van der Waals surface area contributed by atoms with E-state index in [0.29, 0.717) is 28.3 Å². The Hall–Kier alpha value is -3.20. The Kier molecular flexibility index (Phi) is 9.03. The zero-order chi connectivity index (χ0) is 25.5. The molecular weight excluding hydrogens is 464 g/mol. The first-order valence-corrected chi connectivity index (χ1v) is 12.6. The lowest BCUT2D eigenvalue weighted by Gasteiger charge is -2.21. The van der Waals surface area contributed by atoms with E-state index in [4.69, 9.17) is 14.2 Å². The van der Waals surface area contributed by atoms with Gasteiger partial charge in [0.25, 0.3) is 0 Å². The molecule has 1 atom stereocenters. The summed E-state index contributed by atoms with van der Waals surface area (Å²) in [6.45, 7) is 10.4. The number of nitrogens with zero attached hydrogens (tertiary/aromatic N) is 3. The summed E-state index contributed by atoms with van der Waals surface area (Å²) in [6, 6.07) is 13.4. The van der Waals surface area contributed by atoms with Gasteiger partial charge in [-0.1, -0.05) is 43.8 Å². The lowest BCUT2D eigenvalue weighted by molar-refractivity contribution is -0.113. The molecule has 0 radical (unpaired) electrons. The molecule has 1 heterocycles. The number of carbonyl (C=O) groups excluding carboxylic acids is 1. The number of rotatable bonds is 11. The lowest BCUT2D eigenvalue weighted by atomic mass is 10.0. The number of methoxy groups -OCH3 is 2. The molecule has 0 aliphatic carbocycles. The van der Waals surface area contributed by atoms with E-state index in [1.165, 1.54) is 11.8 Å². The molecule has 1 aromatic heterocycles. The maximum absolute atomic E-state index is 12.7. The van der Waals surface area contributed by atoms with Gasteiger partial charge in [0.15, 0.2) is 17.1 Å². The molecule has 0 saturated heterocycles. The molecule has 0 spiro atoms. The van der Waals surface area contributed by atoms with Gasteiger partial charge in [0, 0.05) is 12.1 Å². The largest absolute Gasteiger partial charge is 0.497 e. The van der Waals surface area contributed by atoms with E-state index in [1.54, 1.807) is 32.4 Å². The number of thioether (sulfide) groups is 1. The molecule has 1 unspecified atom stereocenters. The first kappa shape index (κ1) is 26.4. The summed E-state index contributed by atoms with van der Waals surface area (Å²) >= 11 is 1.33. The Morgan fingerprint density at radius 1 is 1.00 bits per heavy atom. The van der Waals surface area contributed by atoms with Crippen LogP contribution < -0.4 is 19.5 Å². The minimum Gasteiger partial charge on any atom is -0.497 e. The number of amides is 1. The van der Waals surface area contributed by atoms with Crippen LogP contribution in [0.3, 0.4) is 0 Å². The van der Waals surface area contributed by atoms with Crippen LogP contribution in [0.1, 0.15) is 64.1 Å². The molecule has 0 aliphatic heterocycles.